The van der Waals surface area contributed by atoms with Gasteiger partial charge in [0.1, 0.15) is 0 Å². The van der Waals surface area contributed by atoms with Gasteiger partial charge in [0.25, 0.3) is 0 Å². The van der Waals surface area contributed by atoms with Crippen LogP contribution >= 0.6 is 0 Å². The van der Waals surface area contributed by atoms with E-state index in [1.54, 1.807) is 0 Å². The zero-order valence-corrected chi connectivity index (χ0v) is 16.3. The van der Waals surface area contributed by atoms with Gasteiger partial charge in [-0.15, -0.1) is 0 Å². The first kappa shape index (κ1) is 21.2. The van der Waals surface area contributed by atoms with Gasteiger partial charge in [-0.2, -0.15) is 8.42 Å². The first-order valence-electron chi connectivity index (χ1n) is 6.68. The molecule has 0 saturated carbocycles. The van der Waals surface area contributed by atoms with Gasteiger partial charge in [-0.3, -0.25) is 4.55 Å². The van der Waals surface area contributed by atoms with Crippen LogP contribution in [-0.2, 0) is 14.6 Å². The normalized spacial score (nSPS) is 11.2. The third-order valence-electron chi connectivity index (χ3n) is 2.73. The second-order valence-electron chi connectivity index (χ2n) is 4.43. The second kappa shape index (κ2) is 14.3. The van der Waals surface area contributed by atoms with Crippen molar-refractivity contribution in [1.29, 1.82) is 0 Å². The minimum atomic E-state index is -4.23. The van der Waals surface area contributed by atoms with Crippen molar-refractivity contribution < 1.29 is 48.3 Å². The number of hydrogen-bond acceptors (Lipinski definition) is 3. The maximum atomic E-state index is 10.2. The van der Waals surface area contributed by atoms with Crippen molar-refractivity contribution in [3.8, 4) is 0 Å². The van der Waals surface area contributed by atoms with Crippen LogP contribution in [0.25, 0.3) is 0 Å². The van der Waals surface area contributed by atoms with Crippen LogP contribution in [0.5, 0.6) is 0 Å². The van der Waals surface area contributed by atoms with E-state index in [4.69, 9.17) is 4.55 Å². The third kappa shape index (κ3) is 19.3. The Kier molecular flexibility index (Phi) is 16.9. The van der Waals surface area contributed by atoms with Crippen LogP contribution in [0.4, 0.5) is 0 Å². The van der Waals surface area contributed by atoms with Crippen LogP contribution in [0, 0.1) is 31.1 Å². The molecule has 18 heavy (non-hydrogen) atoms. The molecule has 0 saturated heterocycles. The molecule has 0 aromatic heterocycles. The maximum Gasteiger partial charge on any atom is 0.397 e. The topological polar surface area (TPSA) is 63.6 Å². The predicted molar refractivity (Wildman–Crippen MR) is 69.3 cm³/mol. The second-order valence-corrected chi connectivity index (χ2v) is 5.52. The van der Waals surface area contributed by atoms with Crippen molar-refractivity contribution in [2.24, 2.45) is 0 Å². The molecule has 0 aliphatic rings. The minimum absolute atomic E-state index is 0. The van der Waals surface area contributed by atoms with Crippen molar-refractivity contribution in [2.45, 2.75) is 71.1 Å². The molecule has 6 heteroatoms. The molecule has 108 valence electrons. The van der Waals surface area contributed by atoms with Gasteiger partial charge < -0.3 is 0 Å². The summed E-state index contributed by atoms with van der Waals surface area (Å²) >= 11 is 0. The van der Waals surface area contributed by atoms with Gasteiger partial charge in [0.15, 0.2) is 0 Å². The van der Waals surface area contributed by atoms with Crippen molar-refractivity contribution in [3.05, 3.63) is 0 Å². The van der Waals surface area contributed by atoms with E-state index < -0.39 is 10.4 Å². The summed E-state index contributed by atoms with van der Waals surface area (Å²) in [5.41, 5.74) is 0. The van der Waals surface area contributed by atoms with Crippen molar-refractivity contribution in [2.75, 3.05) is 6.61 Å². The standard InChI is InChI=1S/C12H26O4S.U/c1-2-3-4-5-6-7-8-9-10-11-12-16-17(13,14)15;/h2-12H2,1H3,(H,13,14,15);. The number of rotatable bonds is 12. The van der Waals surface area contributed by atoms with E-state index in [-0.39, 0.29) is 37.7 Å². The van der Waals surface area contributed by atoms with E-state index in [1.807, 2.05) is 0 Å². The minimum Gasteiger partial charge on any atom is -0.264 e. The maximum absolute atomic E-state index is 10.2. The molecule has 0 rings (SSSR count). The molecule has 0 amide bonds. The Hall–Kier alpha value is 0.922. The van der Waals surface area contributed by atoms with Gasteiger partial charge in [-0.05, 0) is 6.42 Å². The fourth-order valence-electron chi connectivity index (χ4n) is 1.75. The molecule has 1 N–H and O–H groups in total. The molecule has 0 bridgehead atoms. The van der Waals surface area contributed by atoms with Gasteiger partial charge in [0, 0.05) is 31.1 Å². The zero-order valence-electron chi connectivity index (χ0n) is 11.4. The van der Waals surface area contributed by atoms with Crippen molar-refractivity contribution >= 4 is 10.4 Å². The molecule has 0 aromatic carbocycles. The summed E-state index contributed by atoms with van der Waals surface area (Å²) in [6.45, 7) is 2.31. The molecule has 0 spiro atoms. The molecule has 4 nitrogen and oxygen atoms in total. The molecule has 0 aromatic rings. The first-order valence-corrected chi connectivity index (χ1v) is 8.04. The quantitative estimate of drug-likeness (QED) is 0.325. The SMILES string of the molecule is CCCCCCCCCCCCOS(=O)(=O)O.[U]. The zero-order chi connectivity index (χ0) is 13.0. The summed E-state index contributed by atoms with van der Waals surface area (Å²) in [6.07, 6.45) is 11.9. The monoisotopic (exact) mass is 504 g/mol. The molecular formula is C12H26O4SU. The fraction of sp³-hybridized carbons (Fsp3) is 1.00. The summed E-state index contributed by atoms with van der Waals surface area (Å²) in [5, 5.41) is 0. The van der Waals surface area contributed by atoms with Crippen LogP contribution < -0.4 is 0 Å². The average molecular weight is 504 g/mol. The Morgan fingerprint density at radius 2 is 1.22 bits per heavy atom. The summed E-state index contributed by atoms with van der Waals surface area (Å²) in [4.78, 5) is 0. The van der Waals surface area contributed by atoms with Gasteiger partial charge in [0.05, 0.1) is 6.61 Å². The van der Waals surface area contributed by atoms with Crippen LogP contribution in [0.2, 0.25) is 0 Å². The molecule has 0 atom stereocenters. The first-order chi connectivity index (χ1) is 8.06. The summed E-state index contributed by atoms with van der Waals surface area (Å²) in [5.74, 6) is 0. The average Bonchev–Trinajstić information content (AvgIpc) is 2.24. The van der Waals surface area contributed by atoms with E-state index in [0.717, 1.165) is 12.8 Å². The molecule has 0 radical (unpaired) electrons. The predicted octanol–water partition coefficient (Wildman–Crippen LogP) is 3.73. The van der Waals surface area contributed by atoms with Crippen LogP contribution in [0.15, 0.2) is 0 Å². The number of hydrogen-bond donors (Lipinski definition) is 1. The van der Waals surface area contributed by atoms with Crippen molar-refractivity contribution in [1.82, 2.24) is 0 Å². The van der Waals surface area contributed by atoms with E-state index in [2.05, 4.69) is 11.1 Å². The Morgan fingerprint density at radius 1 is 0.833 bits per heavy atom. The Balaban J connectivity index is 0. The summed E-state index contributed by atoms with van der Waals surface area (Å²) in [6, 6.07) is 0. The Labute approximate surface area is 136 Å². The fourth-order valence-corrected chi connectivity index (χ4v) is 2.08. The van der Waals surface area contributed by atoms with Crippen LogP contribution in [0.3, 0.4) is 0 Å². The molecule has 0 aliphatic carbocycles. The molecule has 0 unspecified atom stereocenters. The summed E-state index contributed by atoms with van der Waals surface area (Å²) < 4.78 is 33.0. The molecule has 0 fully saturated rings. The van der Waals surface area contributed by atoms with E-state index in [1.165, 1.54) is 44.9 Å². The van der Waals surface area contributed by atoms with Gasteiger partial charge in [-0.25, -0.2) is 4.18 Å². The van der Waals surface area contributed by atoms with Gasteiger partial charge in [0.2, 0.25) is 0 Å². The molecule has 0 heterocycles. The van der Waals surface area contributed by atoms with E-state index in [0.29, 0.717) is 6.42 Å². The van der Waals surface area contributed by atoms with Crippen molar-refractivity contribution in [3.63, 3.8) is 0 Å². The van der Waals surface area contributed by atoms with Crippen LogP contribution in [0.1, 0.15) is 71.1 Å². The van der Waals surface area contributed by atoms with E-state index in [9.17, 15) is 8.42 Å². The third-order valence-corrected chi connectivity index (χ3v) is 3.19. The van der Waals surface area contributed by atoms with E-state index >= 15 is 0 Å². The smallest absolute Gasteiger partial charge is 0.264 e. The largest absolute Gasteiger partial charge is 0.397 e. The van der Waals surface area contributed by atoms with Gasteiger partial charge >= 0.3 is 10.4 Å². The van der Waals surface area contributed by atoms with Crippen LogP contribution in [-0.4, -0.2) is 19.6 Å². The Morgan fingerprint density at radius 3 is 1.61 bits per heavy atom. The summed E-state index contributed by atoms with van der Waals surface area (Å²) in [7, 11) is -4.23. The Bertz CT molecular complexity index is 255. The molecular weight excluding hydrogens is 478 g/mol. The molecule has 0 aliphatic heterocycles. The van der Waals surface area contributed by atoms with Gasteiger partial charge in [-0.1, -0.05) is 64.7 Å². The number of unbranched alkanes of at least 4 members (excludes halogenated alkanes) is 9.